The maximum Gasteiger partial charge on any atom is 0.222 e. The van der Waals surface area contributed by atoms with Gasteiger partial charge in [0, 0.05) is 12.5 Å². The molecule has 1 atom stereocenters. The van der Waals surface area contributed by atoms with Crippen LogP contribution in [0.5, 0.6) is 0 Å². The van der Waals surface area contributed by atoms with Crippen molar-refractivity contribution in [1.82, 2.24) is 5.32 Å². The number of nitrogens with one attached hydrogen (secondary N) is 1. The minimum absolute atomic E-state index is 0.00713. The van der Waals surface area contributed by atoms with Crippen molar-refractivity contribution in [3.8, 4) is 0 Å². The summed E-state index contributed by atoms with van der Waals surface area (Å²) >= 11 is 0. The van der Waals surface area contributed by atoms with Crippen LogP contribution in [-0.2, 0) is 4.79 Å². The Morgan fingerprint density at radius 1 is 1.21 bits per heavy atom. The molecule has 0 aliphatic carbocycles. The molecule has 0 fully saturated rings. The third-order valence-corrected chi connectivity index (χ3v) is 2.11. The first-order valence-corrected chi connectivity index (χ1v) is 5.39. The topological polar surface area (TPSA) is 49.3 Å². The molecule has 0 aliphatic rings. The number of aliphatic hydroxyl groups is 1. The number of carbonyl (C=O) groups is 1. The summed E-state index contributed by atoms with van der Waals surface area (Å²) in [6.45, 7) is 8.31. The molecular weight excluding hydrogens is 178 g/mol. The fourth-order valence-corrected chi connectivity index (χ4v) is 1.05. The molecule has 0 rings (SSSR count). The van der Waals surface area contributed by atoms with Gasteiger partial charge in [0.2, 0.25) is 5.91 Å². The maximum atomic E-state index is 11.2. The molecule has 0 spiro atoms. The van der Waals surface area contributed by atoms with E-state index in [-0.39, 0.29) is 11.8 Å². The summed E-state index contributed by atoms with van der Waals surface area (Å²) in [5, 5.41) is 12.2. The first-order chi connectivity index (χ1) is 6.43. The van der Waals surface area contributed by atoms with Crippen LogP contribution in [0.3, 0.4) is 0 Å². The number of amides is 1. The molecule has 14 heavy (non-hydrogen) atoms. The molecule has 0 saturated carbocycles. The lowest BCUT2D eigenvalue weighted by molar-refractivity contribution is -0.124. The van der Waals surface area contributed by atoms with E-state index >= 15 is 0 Å². The van der Waals surface area contributed by atoms with Crippen molar-refractivity contribution >= 4 is 5.91 Å². The van der Waals surface area contributed by atoms with Crippen molar-refractivity contribution in [2.45, 2.75) is 46.6 Å². The molecule has 0 bridgehead atoms. The summed E-state index contributed by atoms with van der Waals surface area (Å²) in [6, 6.07) is 0. The van der Waals surface area contributed by atoms with Gasteiger partial charge in [-0.05, 0) is 18.8 Å². The van der Waals surface area contributed by atoms with Crippen LogP contribution in [0.15, 0.2) is 0 Å². The van der Waals surface area contributed by atoms with Crippen molar-refractivity contribution in [3.05, 3.63) is 0 Å². The molecule has 2 N–H and O–H groups in total. The molecule has 0 aromatic heterocycles. The molecule has 0 heterocycles. The molecular formula is C11H23NO2. The number of rotatable bonds is 6. The van der Waals surface area contributed by atoms with Gasteiger partial charge in [-0.3, -0.25) is 4.79 Å². The SMILES string of the molecule is CC(C)CC[C@H](O)CNC(=O)C(C)C. The van der Waals surface area contributed by atoms with Crippen molar-refractivity contribution in [2.24, 2.45) is 11.8 Å². The van der Waals surface area contributed by atoms with Crippen molar-refractivity contribution in [3.63, 3.8) is 0 Å². The van der Waals surface area contributed by atoms with E-state index in [9.17, 15) is 9.90 Å². The zero-order valence-electron chi connectivity index (χ0n) is 9.71. The summed E-state index contributed by atoms with van der Waals surface area (Å²) in [5.41, 5.74) is 0. The van der Waals surface area contributed by atoms with Gasteiger partial charge in [0.15, 0.2) is 0 Å². The molecule has 84 valence electrons. The Hall–Kier alpha value is -0.570. The molecule has 0 saturated heterocycles. The Morgan fingerprint density at radius 2 is 1.79 bits per heavy atom. The van der Waals surface area contributed by atoms with Gasteiger partial charge in [-0.25, -0.2) is 0 Å². The molecule has 0 radical (unpaired) electrons. The zero-order valence-corrected chi connectivity index (χ0v) is 9.71. The summed E-state index contributed by atoms with van der Waals surface area (Å²) in [4.78, 5) is 11.2. The highest BCUT2D eigenvalue weighted by Gasteiger charge is 2.09. The van der Waals surface area contributed by atoms with Crippen LogP contribution in [0.2, 0.25) is 0 Å². The summed E-state index contributed by atoms with van der Waals surface area (Å²) in [5.74, 6) is 0.603. The lowest BCUT2D eigenvalue weighted by Crippen LogP contribution is -2.34. The Labute approximate surface area is 86.9 Å². The van der Waals surface area contributed by atoms with E-state index in [0.717, 1.165) is 12.8 Å². The largest absolute Gasteiger partial charge is 0.391 e. The first-order valence-electron chi connectivity index (χ1n) is 5.39. The van der Waals surface area contributed by atoms with Gasteiger partial charge in [0.05, 0.1) is 6.10 Å². The molecule has 0 aromatic carbocycles. The number of aliphatic hydroxyl groups excluding tert-OH is 1. The van der Waals surface area contributed by atoms with E-state index < -0.39 is 6.10 Å². The maximum absolute atomic E-state index is 11.2. The quantitative estimate of drug-likeness (QED) is 0.685. The average Bonchev–Trinajstić information content (AvgIpc) is 2.10. The summed E-state index contributed by atoms with van der Waals surface area (Å²) in [6.07, 6.45) is 1.36. The second kappa shape index (κ2) is 6.82. The zero-order chi connectivity index (χ0) is 11.1. The van der Waals surface area contributed by atoms with Crippen LogP contribution in [0, 0.1) is 11.8 Å². The standard InChI is InChI=1S/C11H23NO2/c1-8(2)5-6-10(13)7-12-11(14)9(3)4/h8-10,13H,5-7H2,1-4H3,(H,12,14)/t10-/m0/s1. The van der Waals surface area contributed by atoms with Gasteiger partial charge in [-0.2, -0.15) is 0 Å². The average molecular weight is 201 g/mol. The third-order valence-electron chi connectivity index (χ3n) is 2.11. The van der Waals surface area contributed by atoms with Gasteiger partial charge in [0.25, 0.3) is 0 Å². The number of hydrogen-bond acceptors (Lipinski definition) is 2. The van der Waals surface area contributed by atoms with E-state index in [0.29, 0.717) is 12.5 Å². The highest BCUT2D eigenvalue weighted by atomic mass is 16.3. The van der Waals surface area contributed by atoms with Crippen molar-refractivity contribution < 1.29 is 9.90 Å². The van der Waals surface area contributed by atoms with Gasteiger partial charge in [-0.15, -0.1) is 0 Å². The normalized spacial score (nSPS) is 13.4. The number of carbonyl (C=O) groups excluding carboxylic acids is 1. The van der Waals surface area contributed by atoms with Gasteiger partial charge in [0.1, 0.15) is 0 Å². The second-order valence-corrected chi connectivity index (χ2v) is 4.52. The van der Waals surface area contributed by atoms with E-state index in [1.165, 1.54) is 0 Å². The number of hydrogen-bond donors (Lipinski definition) is 2. The lowest BCUT2D eigenvalue weighted by Gasteiger charge is -2.14. The molecule has 0 aromatic rings. The highest BCUT2D eigenvalue weighted by molar-refractivity contribution is 5.77. The first kappa shape index (κ1) is 13.4. The summed E-state index contributed by atoms with van der Waals surface area (Å²) in [7, 11) is 0. The van der Waals surface area contributed by atoms with Gasteiger partial charge in [-0.1, -0.05) is 27.7 Å². The fourth-order valence-electron chi connectivity index (χ4n) is 1.05. The van der Waals surface area contributed by atoms with Crippen LogP contribution in [-0.4, -0.2) is 23.7 Å². The Bertz CT molecular complexity index is 167. The van der Waals surface area contributed by atoms with Crippen molar-refractivity contribution in [2.75, 3.05) is 6.54 Å². The molecule has 3 nitrogen and oxygen atoms in total. The van der Waals surface area contributed by atoms with Crippen LogP contribution < -0.4 is 5.32 Å². The Kier molecular flexibility index (Phi) is 6.54. The minimum Gasteiger partial charge on any atom is -0.391 e. The molecule has 3 heteroatoms. The monoisotopic (exact) mass is 201 g/mol. The van der Waals surface area contributed by atoms with Crippen LogP contribution in [0.1, 0.15) is 40.5 Å². The van der Waals surface area contributed by atoms with Gasteiger partial charge >= 0.3 is 0 Å². The summed E-state index contributed by atoms with van der Waals surface area (Å²) < 4.78 is 0. The minimum atomic E-state index is -0.403. The molecule has 1 amide bonds. The Morgan fingerprint density at radius 3 is 2.21 bits per heavy atom. The van der Waals surface area contributed by atoms with E-state index in [1.807, 2.05) is 13.8 Å². The third kappa shape index (κ3) is 6.89. The van der Waals surface area contributed by atoms with Crippen molar-refractivity contribution in [1.29, 1.82) is 0 Å². The fraction of sp³-hybridized carbons (Fsp3) is 0.909. The van der Waals surface area contributed by atoms with Crippen LogP contribution in [0.4, 0.5) is 0 Å². The highest BCUT2D eigenvalue weighted by Crippen LogP contribution is 2.06. The van der Waals surface area contributed by atoms with E-state index in [4.69, 9.17) is 0 Å². The van der Waals surface area contributed by atoms with Gasteiger partial charge < -0.3 is 10.4 Å². The molecule has 0 unspecified atom stereocenters. The molecule has 0 aliphatic heterocycles. The van der Waals surface area contributed by atoms with Crippen LogP contribution >= 0.6 is 0 Å². The predicted molar refractivity (Wildman–Crippen MR) is 57.9 cm³/mol. The van der Waals surface area contributed by atoms with E-state index in [1.54, 1.807) is 0 Å². The van der Waals surface area contributed by atoms with E-state index in [2.05, 4.69) is 19.2 Å². The lowest BCUT2D eigenvalue weighted by atomic mass is 10.0. The smallest absolute Gasteiger partial charge is 0.222 e. The Balaban J connectivity index is 3.53. The predicted octanol–water partition coefficient (Wildman–Crippen LogP) is 1.56. The van der Waals surface area contributed by atoms with Crippen LogP contribution in [0.25, 0.3) is 0 Å². The second-order valence-electron chi connectivity index (χ2n) is 4.52.